The minimum Gasteiger partial charge on any atom is -0.443 e. The van der Waals surface area contributed by atoms with Gasteiger partial charge in [0.1, 0.15) is 5.60 Å². The molecule has 4 heteroatoms. The zero-order chi connectivity index (χ0) is 12.5. The van der Waals surface area contributed by atoms with Crippen molar-refractivity contribution < 1.29 is 14.3 Å². The molecule has 2 fully saturated rings. The third kappa shape index (κ3) is 2.73. The van der Waals surface area contributed by atoms with E-state index >= 15 is 0 Å². The van der Waals surface area contributed by atoms with E-state index < -0.39 is 0 Å². The van der Waals surface area contributed by atoms with Crippen LogP contribution in [0, 0.1) is 0 Å². The fourth-order valence-corrected chi connectivity index (χ4v) is 2.25. The van der Waals surface area contributed by atoms with Gasteiger partial charge in [0, 0.05) is 13.1 Å². The van der Waals surface area contributed by atoms with Crippen molar-refractivity contribution in [2.75, 3.05) is 19.7 Å². The average molecular weight is 241 g/mol. The van der Waals surface area contributed by atoms with Crippen LogP contribution in [0.4, 0.5) is 4.79 Å². The molecule has 0 aliphatic carbocycles. The Hall–Kier alpha value is -0.770. The molecule has 1 amide bonds. The van der Waals surface area contributed by atoms with Crippen LogP contribution < -0.4 is 0 Å². The number of likely N-dealkylation sites (tertiary alicyclic amines) is 1. The van der Waals surface area contributed by atoms with Crippen LogP contribution in [-0.2, 0) is 9.47 Å². The SMILES string of the molecule is CCC(C)(C)OC(=O)N1CCC2(CCO2)CC1. The molecule has 2 aliphatic heterocycles. The van der Waals surface area contributed by atoms with Gasteiger partial charge in [-0.3, -0.25) is 0 Å². The van der Waals surface area contributed by atoms with E-state index in [0.717, 1.165) is 45.4 Å². The normalized spacial score (nSPS) is 23.4. The van der Waals surface area contributed by atoms with Gasteiger partial charge in [-0.1, -0.05) is 6.92 Å². The highest BCUT2D eigenvalue weighted by Gasteiger charge is 2.42. The fraction of sp³-hybridized carbons (Fsp3) is 0.923. The Morgan fingerprint density at radius 2 is 1.94 bits per heavy atom. The first-order chi connectivity index (χ1) is 7.96. The van der Waals surface area contributed by atoms with Crippen molar-refractivity contribution in [1.82, 2.24) is 4.90 Å². The molecule has 0 radical (unpaired) electrons. The zero-order valence-corrected chi connectivity index (χ0v) is 11.1. The molecule has 0 aromatic carbocycles. The van der Waals surface area contributed by atoms with Gasteiger partial charge in [0.15, 0.2) is 0 Å². The second-order valence-electron chi connectivity index (χ2n) is 5.75. The van der Waals surface area contributed by atoms with Crippen LogP contribution in [0.5, 0.6) is 0 Å². The van der Waals surface area contributed by atoms with Crippen LogP contribution in [0.1, 0.15) is 46.5 Å². The molecule has 98 valence electrons. The van der Waals surface area contributed by atoms with Crippen molar-refractivity contribution in [2.45, 2.75) is 57.7 Å². The van der Waals surface area contributed by atoms with Crippen LogP contribution in [-0.4, -0.2) is 41.9 Å². The van der Waals surface area contributed by atoms with Crippen LogP contribution in [0.25, 0.3) is 0 Å². The Morgan fingerprint density at radius 3 is 2.35 bits per heavy atom. The highest BCUT2D eigenvalue weighted by atomic mass is 16.6. The summed E-state index contributed by atoms with van der Waals surface area (Å²) in [5, 5.41) is 0. The number of carbonyl (C=O) groups is 1. The van der Waals surface area contributed by atoms with Gasteiger partial charge in [-0.2, -0.15) is 0 Å². The zero-order valence-electron chi connectivity index (χ0n) is 11.1. The molecule has 0 atom stereocenters. The summed E-state index contributed by atoms with van der Waals surface area (Å²) in [6.45, 7) is 8.34. The smallest absolute Gasteiger partial charge is 0.410 e. The Balaban J connectivity index is 1.82. The molecular weight excluding hydrogens is 218 g/mol. The number of hydrogen-bond acceptors (Lipinski definition) is 3. The number of piperidine rings is 1. The monoisotopic (exact) mass is 241 g/mol. The predicted octanol–water partition coefficient (Wildman–Crippen LogP) is 2.57. The van der Waals surface area contributed by atoms with E-state index in [9.17, 15) is 4.79 Å². The van der Waals surface area contributed by atoms with Crippen LogP contribution in [0.15, 0.2) is 0 Å². The number of nitrogens with zero attached hydrogens (tertiary/aromatic N) is 1. The summed E-state index contributed by atoms with van der Waals surface area (Å²) in [6.07, 6.45) is 3.71. The lowest BCUT2D eigenvalue weighted by Gasteiger charge is -2.47. The van der Waals surface area contributed by atoms with Crippen molar-refractivity contribution in [2.24, 2.45) is 0 Å². The number of rotatable bonds is 2. The first-order valence-electron chi connectivity index (χ1n) is 6.58. The van der Waals surface area contributed by atoms with E-state index in [2.05, 4.69) is 0 Å². The molecule has 0 saturated carbocycles. The summed E-state index contributed by atoms with van der Waals surface area (Å²) in [7, 11) is 0. The summed E-state index contributed by atoms with van der Waals surface area (Å²) in [5.74, 6) is 0. The highest BCUT2D eigenvalue weighted by Crippen LogP contribution is 2.36. The molecule has 1 spiro atoms. The summed E-state index contributed by atoms with van der Waals surface area (Å²) in [6, 6.07) is 0. The van der Waals surface area contributed by atoms with E-state index in [1.807, 2.05) is 25.7 Å². The van der Waals surface area contributed by atoms with Crippen molar-refractivity contribution in [3.8, 4) is 0 Å². The predicted molar refractivity (Wildman–Crippen MR) is 65.0 cm³/mol. The molecule has 17 heavy (non-hydrogen) atoms. The second-order valence-corrected chi connectivity index (χ2v) is 5.75. The van der Waals surface area contributed by atoms with E-state index in [0.29, 0.717) is 0 Å². The van der Waals surface area contributed by atoms with E-state index in [1.165, 1.54) is 0 Å². The number of ether oxygens (including phenoxy) is 2. The Labute approximate surface area is 103 Å². The molecular formula is C13H23NO3. The van der Waals surface area contributed by atoms with E-state index in [-0.39, 0.29) is 17.3 Å². The van der Waals surface area contributed by atoms with Gasteiger partial charge in [-0.15, -0.1) is 0 Å². The molecule has 2 heterocycles. The topological polar surface area (TPSA) is 38.8 Å². The van der Waals surface area contributed by atoms with Gasteiger partial charge in [0.05, 0.1) is 12.2 Å². The summed E-state index contributed by atoms with van der Waals surface area (Å²) >= 11 is 0. The number of carbonyl (C=O) groups excluding carboxylic acids is 1. The van der Waals surface area contributed by atoms with Crippen molar-refractivity contribution >= 4 is 6.09 Å². The molecule has 0 aromatic heterocycles. The maximum absolute atomic E-state index is 12.0. The van der Waals surface area contributed by atoms with Gasteiger partial charge >= 0.3 is 6.09 Å². The van der Waals surface area contributed by atoms with Gasteiger partial charge in [-0.25, -0.2) is 4.79 Å². The quantitative estimate of drug-likeness (QED) is 0.746. The fourth-order valence-electron chi connectivity index (χ4n) is 2.25. The van der Waals surface area contributed by atoms with E-state index in [4.69, 9.17) is 9.47 Å². The van der Waals surface area contributed by atoms with Gasteiger partial charge in [0.2, 0.25) is 0 Å². The first kappa shape index (κ1) is 12.7. The minimum absolute atomic E-state index is 0.0943. The lowest BCUT2D eigenvalue weighted by molar-refractivity contribution is -0.171. The van der Waals surface area contributed by atoms with Crippen molar-refractivity contribution in [3.63, 3.8) is 0 Å². The van der Waals surface area contributed by atoms with Gasteiger partial charge < -0.3 is 14.4 Å². The van der Waals surface area contributed by atoms with Gasteiger partial charge in [0.25, 0.3) is 0 Å². The third-order valence-corrected chi connectivity index (χ3v) is 4.11. The van der Waals surface area contributed by atoms with Crippen molar-refractivity contribution in [3.05, 3.63) is 0 Å². The molecule has 2 aliphatic rings. The summed E-state index contributed by atoms with van der Waals surface area (Å²) in [5.41, 5.74) is -0.268. The standard InChI is InChI=1S/C13H23NO3/c1-4-12(2,3)17-11(15)14-8-5-13(6-9-14)7-10-16-13/h4-10H2,1-3H3. The summed E-state index contributed by atoms with van der Waals surface area (Å²) in [4.78, 5) is 13.8. The van der Waals surface area contributed by atoms with E-state index in [1.54, 1.807) is 0 Å². The largest absolute Gasteiger partial charge is 0.443 e. The molecule has 0 bridgehead atoms. The van der Waals surface area contributed by atoms with Crippen LogP contribution >= 0.6 is 0 Å². The Kier molecular flexibility index (Phi) is 3.34. The minimum atomic E-state index is -0.362. The molecule has 4 nitrogen and oxygen atoms in total. The average Bonchev–Trinajstić information content (AvgIpc) is 2.26. The molecule has 0 unspecified atom stereocenters. The Bertz CT molecular complexity index is 287. The van der Waals surface area contributed by atoms with Gasteiger partial charge in [-0.05, 0) is 39.5 Å². The second kappa shape index (κ2) is 4.48. The third-order valence-electron chi connectivity index (χ3n) is 4.11. The molecule has 0 N–H and O–H groups in total. The first-order valence-corrected chi connectivity index (χ1v) is 6.58. The lowest BCUT2D eigenvalue weighted by Crippen LogP contribution is -2.54. The molecule has 0 aromatic rings. The molecule has 2 rings (SSSR count). The Morgan fingerprint density at radius 1 is 1.35 bits per heavy atom. The van der Waals surface area contributed by atoms with Crippen molar-refractivity contribution in [1.29, 1.82) is 0 Å². The molecule has 2 saturated heterocycles. The maximum Gasteiger partial charge on any atom is 0.410 e. The lowest BCUT2D eigenvalue weighted by atomic mass is 9.84. The van der Waals surface area contributed by atoms with Crippen LogP contribution in [0.2, 0.25) is 0 Å². The maximum atomic E-state index is 12.0. The highest BCUT2D eigenvalue weighted by molar-refractivity contribution is 5.68. The number of hydrogen-bond donors (Lipinski definition) is 0. The van der Waals surface area contributed by atoms with Crippen LogP contribution in [0.3, 0.4) is 0 Å². The summed E-state index contributed by atoms with van der Waals surface area (Å²) < 4.78 is 11.1. The number of amides is 1.